The largest absolute Gasteiger partial charge is 0.495 e. The van der Waals surface area contributed by atoms with E-state index in [-0.39, 0.29) is 0 Å². The van der Waals surface area contributed by atoms with Gasteiger partial charge in [0.1, 0.15) is 5.75 Å². The lowest BCUT2D eigenvalue weighted by molar-refractivity contribution is 0.411. The second-order valence-corrected chi connectivity index (χ2v) is 6.48. The van der Waals surface area contributed by atoms with Crippen LogP contribution in [-0.4, -0.2) is 18.5 Å². The Kier molecular flexibility index (Phi) is 6.73. The van der Waals surface area contributed by atoms with E-state index < -0.39 is 0 Å². The molecule has 114 valence electrons. The highest BCUT2D eigenvalue weighted by atomic mass is 127. The first-order chi connectivity index (χ1) is 10.7. The number of nitrogens with zero attached hydrogens (tertiary/aromatic N) is 2. The van der Waals surface area contributed by atoms with Crippen LogP contribution >= 0.6 is 34.4 Å². The number of rotatable bonds is 5. The number of hydrogen-bond acceptors (Lipinski definition) is 4. The molecule has 0 atom stereocenters. The normalized spacial score (nSPS) is 11.8. The SMILES string of the molecule is COc1c(I)cccc1C=NN=C(N)SCc1ccccc1. The van der Waals surface area contributed by atoms with E-state index >= 15 is 0 Å². The van der Waals surface area contributed by atoms with Crippen molar-refractivity contribution < 1.29 is 4.74 Å². The van der Waals surface area contributed by atoms with Crippen LogP contribution in [-0.2, 0) is 5.75 Å². The van der Waals surface area contributed by atoms with E-state index in [0.29, 0.717) is 5.17 Å². The van der Waals surface area contributed by atoms with Crippen molar-refractivity contribution in [1.29, 1.82) is 0 Å². The van der Waals surface area contributed by atoms with Crippen molar-refractivity contribution in [3.8, 4) is 5.75 Å². The molecule has 0 aromatic heterocycles. The van der Waals surface area contributed by atoms with Crippen LogP contribution in [0.3, 0.4) is 0 Å². The van der Waals surface area contributed by atoms with Gasteiger partial charge in [-0.15, -0.1) is 5.10 Å². The molecule has 0 heterocycles. The van der Waals surface area contributed by atoms with Crippen molar-refractivity contribution in [2.24, 2.45) is 15.9 Å². The molecule has 0 saturated heterocycles. The first-order valence-electron chi connectivity index (χ1n) is 6.56. The van der Waals surface area contributed by atoms with Crippen LogP contribution in [0.4, 0.5) is 0 Å². The molecule has 0 bridgehead atoms. The van der Waals surface area contributed by atoms with E-state index in [0.717, 1.165) is 20.6 Å². The van der Waals surface area contributed by atoms with E-state index in [1.165, 1.54) is 17.3 Å². The summed E-state index contributed by atoms with van der Waals surface area (Å²) in [6, 6.07) is 16.0. The van der Waals surface area contributed by atoms with Gasteiger partial charge in [0.05, 0.1) is 16.9 Å². The predicted molar refractivity (Wildman–Crippen MR) is 103 cm³/mol. The van der Waals surface area contributed by atoms with Crippen molar-refractivity contribution in [1.82, 2.24) is 0 Å². The van der Waals surface area contributed by atoms with Gasteiger partial charge in [0.25, 0.3) is 0 Å². The van der Waals surface area contributed by atoms with Crippen molar-refractivity contribution >= 4 is 45.7 Å². The third-order valence-electron chi connectivity index (χ3n) is 2.78. The lowest BCUT2D eigenvalue weighted by atomic mass is 10.2. The Morgan fingerprint density at radius 1 is 1.23 bits per heavy atom. The van der Waals surface area contributed by atoms with Crippen LogP contribution < -0.4 is 10.5 Å². The van der Waals surface area contributed by atoms with Crippen LogP contribution in [0.15, 0.2) is 58.7 Å². The zero-order valence-corrected chi connectivity index (χ0v) is 15.0. The maximum atomic E-state index is 5.85. The minimum absolute atomic E-state index is 0.435. The zero-order chi connectivity index (χ0) is 15.8. The van der Waals surface area contributed by atoms with Gasteiger partial charge in [0.15, 0.2) is 5.17 Å². The Morgan fingerprint density at radius 2 is 2.00 bits per heavy atom. The molecule has 2 rings (SSSR count). The van der Waals surface area contributed by atoms with Crippen LogP contribution in [0.1, 0.15) is 11.1 Å². The maximum absolute atomic E-state index is 5.85. The summed E-state index contributed by atoms with van der Waals surface area (Å²) in [4.78, 5) is 0. The first-order valence-corrected chi connectivity index (χ1v) is 8.63. The Morgan fingerprint density at radius 3 is 2.73 bits per heavy atom. The molecule has 0 fully saturated rings. The highest BCUT2D eigenvalue weighted by Crippen LogP contribution is 2.23. The molecule has 0 amide bonds. The van der Waals surface area contributed by atoms with Crippen LogP contribution in [0.25, 0.3) is 0 Å². The van der Waals surface area contributed by atoms with E-state index in [1.54, 1.807) is 13.3 Å². The van der Waals surface area contributed by atoms with E-state index in [4.69, 9.17) is 10.5 Å². The molecule has 0 aliphatic heterocycles. The monoisotopic (exact) mass is 425 g/mol. The van der Waals surface area contributed by atoms with Crippen LogP contribution in [0, 0.1) is 3.57 Å². The molecular formula is C16H16IN3OS. The summed E-state index contributed by atoms with van der Waals surface area (Å²) in [7, 11) is 1.64. The van der Waals surface area contributed by atoms with Crippen molar-refractivity contribution in [3.63, 3.8) is 0 Å². The minimum atomic E-state index is 0.435. The molecule has 0 aliphatic rings. The van der Waals surface area contributed by atoms with Crippen molar-refractivity contribution in [2.45, 2.75) is 5.75 Å². The molecule has 0 saturated carbocycles. The molecule has 4 nitrogen and oxygen atoms in total. The number of halogens is 1. The molecule has 6 heteroatoms. The van der Waals surface area contributed by atoms with E-state index in [1.807, 2.05) is 36.4 Å². The number of methoxy groups -OCH3 is 1. The summed E-state index contributed by atoms with van der Waals surface area (Å²) < 4.78 is 6.38. The first kappa shape index (κ1) is 16.8. The summed E-state index contributed by atoms with van der Waals surface area (Å²) in [6.07, 6.45) is 1.65. The molecule has 0 unspecified atom stereocenters. The average Bonchev–Trinajstić information content (AvgIpc) is 2.54. The Balaban J connectivity index is 1.97. The third-order valence-corrected chi connectivity index (χ3v) is 4.49. The summed E-state index contributed by atoms with van der Waals surface area (Å²) in [6.45, 7) is 0. The average molecular weight is 425 g/mol. The number of para-hydroxylation sites is 1. The van der Waals surface area contributed by atoms with Gasteiger partial charge in [0.2, 0.25) is 0 Å². The lowest BCUT2D eigenvalue weighted by Gasteiger charge is -2.05. The zero-order valence-electron chi connectivity index (χ0n) is 12.1. The Bertz CT molecular complexity index is 674. The minimum Gasteiger partial charge on any atom is -0.495 e. The summed E-state index contributed by atoms with van der Waals surface area (Å²) in [5.74, 6) is 1.57. The Labute approximate surface area is 148 Å². The summed E-state index contributed by atoms with van der Waals surface area (Å²) >= 11 is 3.68. The number of amidine groups is 1. The predicted octanol–water partition coefficient (Wildman–Crippen LogP) is 3.88. The molecule has 2 N–H and O–H groups in total. The molecular weight excluding hydrogens is 409 g/mol. The van der Waals surface area contributed by atoms with E-state index in [9.17, 15) is 0 Å². The van der Waals surface area contributed by atoms with Gasteiger partial charge < -0.3 is 10.5 Å². The second kappa shape index (κ2) is 8.79. The van der Waals surface area contributed by atoms with Gasteiger partial charge in [-0.3, -0.25) is 0 Å². The number of thioether (sulfide) groups is 1. The van der Waals surface area contributed by atoms with Crippen LogP contribution in [0.5, 0.6) is 5.75 Å². The van der Waals surface area contributed by atoms with Crippen LogP contribution in [0.2, 0.25) is 0 Å². The lowest BCUT2D eigenvalue weighted by Crippen LogP contribution is -2.06. The fraction of sp³-hybridized carbons (Fsp3) is 0.125. The number of ether oxygens (including phenoxy) is 1. The summed E-state index contributed by atoms with van der Waals surface area (Å²) in [5, 5.41) is 8.48. The van der Waals surface area contributed by atoms with Gasteiger partial charge >= 0.3 is 0 Å². The van der Waals surface area contributed by atoms with Gasteiger partial charge in [-0.1, -0.05) is 48.2 Å². The van der Waals surface area contributed by atoms with Gasteiger partial charge in [-0.2, -0.15) is 5.10 Å². The smallest absolute Gasteiger partial charge is 0.180 e. The molecule has 22 heavy (non-hydrogen) atoms. The maximum Gasteiger partial charge on any atom is 0.180 e. The van der Waals surface area contributed by atoms with Gasteiger partial charge in [-0.25, -0.2) is 0 Å². The fourth-order valence-electron chi connectivity index (χ4n) is 1.75. The second-order valence-electron chi connectivity index (χ2n) is 4.32. The molecule has 0 spiro atoms. The third kappa shape index (κ3) is 5.03. The van der Waals surface area contributed by atoms with Gasteiger partial charge in [-0.05, 0) is 40.3 Å². The topological polar surface area (TPSA) is 60.0 Å². The number of benzene rings is 2. The molecule has 0 aliphatic carbocycles. The van der Waals surface area contributed by atoms with Gasteiger partial charge in [0, 0.05) is 11.3 Å². The van der Waals surface area contributed by atoms with Crippen molar-refractivity contribution in [3.05, 3.63) is 63.2 Å². The summed E-state index contributed by atoms with van der Waals surface area (Å²) in [5.41, 5.74) is 7.93. The standard InChI is InChI=1S/C16H16IN3OS/c1-21-15-13(8-5-9-14(15)17)10-19-20-16(18)22-11-12-6-3-2-4-7-12/h2-10H,11H2,1H3,(H2,18,20). The van der Waals surface area contributed by atoms with Crippen molar-refractivity contribution in [2.75, 3.05) is 7.11 Å². The number of hydrogen-bond donors (Lipinski definition) is 1. The molecule has 2 aromatic carbocycles. The fourth-order valence-corrected chi connectivity index (χ4v) is 3.10. The Hall–Kier alpha value is -1.54. The highest BCUT2D eigenvalue weighted by molar-refractivity contribution is 14.1. The van der Waals surface area contributed by atoms with E-state index in [2.05, 4.69) is 44.9 Å². The number of nitrogens with two attached hydrogens (primary N) is 1. The molecule has 0 radical (unpaired) electrons. The molecule has 2 aromatic rings. The highest BCUT2D eigenvalue weighted by Gasteiger charge is 2.04. The quantitative estimate of drug-likeness (QED) is 0.342.